The fourth-order valence-electron chi connectivity index (χ4n) is 2.27. The molecule has 0 aliphatic carbocycles. The van der Waals surface area contributed by atoms with Gasteiger partial charge in [-0.15, -0.1) is 0 Å². The lowest BCUT2D eigenvalue weighted by Crippen LogP contribution is -2.04. The zero-order valence-electron chi connectivity index (χ0n) is 10.9. The van der Waals surface area contributed by atoms with Crippen molar-refractivity contribution >= 4 is 22.8 Å². The maximum absolute atomic E-state index is 5.99. The molecule has 19 heavy (non-hydrogen) atoms. The van der Waals surface area contributed by atoms with Gasteiger partial charge in [-0.05, 0) is 49.2 Å². The van der Waals surface area contributed by atoms with Crippen molar-refractivity contribution in [2.45, 2.75) is 20.4 Å². The highest BCUT2D eigenvalue weighted by atomic mass is 35.5. The zero-order valence-corrected chi connectivity index (χ0v) is 11.6. The predicted octanol–water partition coefficient (Wildman–Crippen LogP) is 3.75. The van der Waals surface area contributed by atoms with Crippen LogP contribution in [-0.2, 0) is 6.54 Å². The molecule has 0 spiro atoms. The number of aryl methyl sites for hydroxylation is 2. The summed E-state index contributed by atoms with van der Waals surface area (Å²) >= 11 is 5.99. The molecule has 0 bridgehead atoms. The van der Waals surface area contributed by atoms with E-state index >= 15 is 0 Å². The first-order chi connectivity index (χ1) is 9.15. The monoisotopic (exact) mass is 271 g/mol. The highest BCUT2D eigenvalue weighted by molar-refractivity contribution is 6.30. The number of pyridine rings is 1. The van der Waals surface area contributed by atoms with E-state index in [0.717, 1.165) is 28.6 Å². The average molecular weight is 272 g/mol. The van der Waals surface area contributed by atoms with Crippen molar-refractivity contribution < 1.29 is 0 Å². The molecular weight excluding hydrogens is 258 g/mol. The molecule has 0 saturated heterocycles. The normalized spacial score (nSPS) is 11.1. The van der Waals surface area contributed by atoms with Crippen molar-refractivity contribution in [1.29, 1.82) is 0 Å². The molecule has 0 unspecified atom stereocenters. The lowest BCUT2D eigenvalue weighted by atomic mass is 10.1. The Morgan fingerprint density at radius 3 is 2.84 bits per heavy atom. The van der Waals surface area contributed by atoms with Crippen molar-refractivity contribution in [3.05, 3.63) is 58.5 Å². The highest BCUT2D eigenvalue weighted by Gasteiger charge is 2.09. The standard InChI is InChI=1S/C15H14ClN3/c1-10-8-13(16)6-5-12(10)9-19-11(2)18-14-4-3-7-17-15(14)19/h3-8H,9H2,1-2H3. The number of benzene rings is 1. The number of imidazole rings is 1. The van der Waals surface area contributed by atoms with Gasteiger partial charge in [0.25, 0.3) is 0 Å². The Labute approximate surface area is 116 Å². The van der Waals surface area contributed by atoms with Crippen LogP contribution in [0.5, 0.6) is 0 Å². The minimum Gasteiger partial charge on any atom is -0.308 e. The van der Waals surface area contributed by atoms with E-state index < -0.39 is 0 Å². The molecule has 2 heterocycles. The topological polar surface area (TPSA) is 30.7 Å². The van der Waals surface area contributed by atoms with Crippen LogP contribution in [0.4, 0.5) is 0 Å². The summed E-state index contributed by atoms with van der Waals surface area (Å²) in [6.45, 7) is 4.85. The number of hydrogen-bond donors (Lipinski definition) is 0. The summed E-state index contributed by atoms with van der Waals surface area (Å²) in [5.74, 6) is 0.975. The summed E-state index contributed by atoms with van der Waals surface area (Å²) in [5, 5.41) is 0.770. The molecule has 1 aromatic carbocycles. The average Bonchev–Trinajstić information content (AvgIpc) is 2.69. The maximum Gasteiger partial charge on any atom is 0.160 e. The first-order valence-electron chi connectivity index (χ1n) is 6.18. The molecule has 3 rings (SSSR count). The van der Waals surface area contributed by atoms with E-state index in [0.29, 0.717) is 0 Å². The quantitative estimate of drug-likeness (QED) is 0.711. The highest BCUT2D eigenvalue weighted by Crippen LogP contribution is 2.19. The molecule has 0 saturated carbocycles. The summed E-state index contributed by atoms with van der Waals surface area (Å²) in [5.41, 5.74) is 4.28. The Balaban J connectivity index is 2.08. The summed E-state index contributed by atoms with van der Waals surface area (Å²) in [4.78, 5) is 8.95. The van der Waals surface area contributed by atoms with Crippen LogP contribution in [0.25, 0.3) is 11.2 Å². The van der Waals surface area contributed by atoms with Crippen LogP contribution in [-0.4, -0.2) is 14.5 Å². The Morgan fingerprint density at radius 1 is 1.21 bits per heavy atom. The fraction of sp³-hybridized carbons (Fsp3) is 0.200. The Morgan fingerprint density at radius 2 is 2.05 bits per heavy atom. The van der Waals surface area contributed by atoms with Gasteiger partial charge < -0.3 is 4.57 Å². The van der Waals surface area contributed by atoms with Crippen LogP contribution >= 0.6 is 11.6 Å². The van der Waals surface area contributed by atoms with Gasteiger partial charge in [0, 0.05) is 11.2 Å². The molecule has 0 radical (unpaired) electrons. The van der Waals surface area contributed by atoms with E-state index in [1.54, 1.807) is 6.20 Å². The minimum atomic E-state index is 0.766. The minimum absolute atomic E-state index is 0.766. The van der Waals surface area contributed by atoms with Crippen LogP contribution in [0.1, 0.15) is 17.0 Å². The lowest BCUT2D eigenvalue weighted by Gasteiger charge is -2.09. The van der Waals surface area contributed by atoms with Crippen molar-refractivity contribution in [3.63, 3.8) is 0 Å². The van der Waals surface area contributed by atoms with Crippen molar-refractivity contribution in [2.75, 3.05) is 0 Å². The zero-order chi connectivity index (χ0) is 13.4. The molecule has 0 N–H and O–H groups in total. The molecule has 3 aromatic rings. The second-order valence-electron chi connectivity index (χ2n) is 4.66. The summed E-state index contributed by atoms with van der Waals surface area (Å²) in [6, 6.07) is 9.86. The molecule has 3 nitrogen and oxygen atoms in total. The molecule has 0 aliphatic heterocycles. The first kappa shape index (κ1) is 12.2. The van der Waals surface area contributed by atoms with E-state index in [4.69, 9.17) is 11.6 Å². The van der Waals surface area contributed by atoms with E-state index in [1.165, 1.54) is 11.1 Å². The SMILES string of the molecule is Cc1cc(Cl)ccc1Cn1c(C)nc2cccnc21. The van der Waals surface area contributed by atoms with E-state index in [2.05, 4.69) is 27.5 Å². The largest absolute Gasteiger partial charge is 0.308 e. The lowest BCUT2D eigenvalue weighted by molar-refractivity contribution is 0.773. The van der Waals surface area contributed by atoms with Gasteiger partial charge in [0.15, 0.2) is 5.65 Å². The van der Waals surface area contributed by atoms with E-state index in [-0.39, 0.29) is 0 Å². The van der Waals surface area contributed by atoms with Crippen LogP contribution < -0.4 is 0 Å². The Kier molecular flexibility index (Phi) is 2.99. The number of fused-ring (bicyclic) bond motifs is 1. The van der Waals surface area contributed by atoms with Gasteiger partial charge in [0.05, 0.1) is 6.54 Å². The van der Waals surface area contributed by atoms with Crippen molar-refractivity contribution in [2.24, 2.45) is 0 Å². The Bertz CT molecular complexity index is 746. The third-order valence-electron chi connectivity index (χ3n) is 3.33. The van der Waals surface area contributed by atoms with Gasteiger partial charge in [0.1, 0.15) is 11.3 Å². The number of halogens is 1. The molecule has 2 aromatic heterocycles. The fourth-order valence-corrected chi connectivity index (χ4v) is 2.49. The number of aromatic nitrogens is 3. The molecule has 96 valence electrons. The van der Waals surface area contributed by atoms with Crippen LogP contribution in [0.2, 0.25) is 5.02 Å². The smallest absolute Gasteiger partial charge is 0.160 e. The Hall–Kier alpha value is -1.87. The van der Waals surface area contributed by atoms with E-state index in [1.807, 2.05) is 31.2 Å². The van der Waals surface area contributed by atoms with Crippen molar-refractivity contribution in [1.82, 2.24) is 14.5 Å². The molecule has 0 fully saturated rings. The van der Waals surface area contributed by atoms with Gasteiger partial charge >= 0.3 is 0 Å². The molecule has 0 aliphatic rings. The van der Waals surface area contributed by atoms with Gasteiger partial charge in [-0.3, -0.25) is 0 Å². The summed E-state index contributed by atoms with van der Waals surface area (Å²) in [6.07, 6.45) is 1.80. The van der Waals surface area contributed by atoms with Crippen LogP contribution in [0.15, 0.2) is 36.5 Å². The molecular formula is C15H14ClN3. The number of rotatable bonds is 2. The second kappa shape index (κ2) is 4.67. The number of hydrogen-bond acceptors (Lipinski definition) is 2. The van der Waals surface area contributed by atoms with Gasteiger partial charge in [-0.1, -0.05) is 17.7 Å². The summed E-state index contributed by atoms with van der Waals surface area (Å²) < 4.78 is 2.13. The van der Waals surface area contributed by atoms with Crippen LogP contribution in [0, 0.1) is 13.8 Å². The molecule has 4 heteroatoms. The predicted molar refractivity (Wildman–Crippen MR) is 77.6 cm³/mol. The molecule has 0 amide bonds. The van der Waals surface area contributed by atoms with E-state index in [9.17, 15) is 0 Å². The third-order valence-corrected chi connectivity index (χ3v) is 3.56. The summed E-state index contributed by atoms with van der Waals surface area (Å²) in [7, 11) is 0. The van der Waals surface area contributed by atoms with Gasteiger partial charge in [-0.2, -0.15) is 0 Å². The van der Waals surface area contributed by atoms with Crippen molar-refractivity contribution in [3.8, 4) is 0 Å². The third kappa shape index (κ3) is 2.22. The van der Waals surface area contributed by atoms with Gasteiger partial charge in [-0.25, -0.2) is 9.97 Å². The van der Waals surface area contributed by atoms with Crippen LogP contribution in [0.3, 0.4) is 0 Å². The van der Waals surface area contributed by atoms with Gasteiger partial charge in [0.2, 0.25) is 0 Å². The molecule has 0 atom stereocenters. The second-order valence-corrected chi connectivity index (χ2v) is 5.10. The number of nitrogens with zero attached hydrogens (tertiary/aromatic N) is 3. The first-order valence-corrected chi connectivity index (χ1v) is 6.56. The maximum atomic E-state index is 5.99.